The standard InChI is InChI=1S/C23H23N3O3S/c1-15-4-7-17(8-5-15)25-13-26-22(27)11-18(19(12-24)23(26)30-14-25)16-6-9-20(28-2)21(10-16)29-3/h4-10,18H,11,13-14H2,1-3H3/t18-/m1/s1. The number of nitriles is 1. The third-order valence-electron chi connectivity index (χ3n) is 5.50. The Kier molecular flexibility index (Phi) is 5.60. The van der Waals surface area contributed by atoms with E-state index in [-0.39, 0.29) is 18.2 Å². The fourth-order valence-electron chi connectivity index (χ4n) is 3.84. The number of carbonyl (C=O) groups excluding carboxylic acids is 1. The van der Waals surface area contributed by atoms with Crippen LogP contribution < -0.4 is 14.4 Å². The van der Waals surface area contributed by atoms with Crippen molar-refractivity contribution in [3.63, 3.8) is 0 Å². The normalized spacial score (nSPS) is 18.7. The fraction of sp³-hybridized carbons (Fsp3) is 0.304. The minimum atomic E-state index is -0.285. The highest BCUT2D eigenvalue weighted by atomic mass is 32.2. The summed E-state index contributed by atoms with van der Waals surface area (Å²) in [4.78, 5) is 17.0. The van der Waals surface area contributed by atoms with Gasteiger partial charge < -0.3 is 14.4 Å². The maximum Gasteiger partial charge on any atom is 0.229 e. The number of amides is 1. The Hall–Kier alpha value is -3.11. The van der Waals surface area contributed by atoms with E-state index in [0.717, 1.165) is 16.3 Å². The first-order chi connectivity index (χ1) is 14.5. The van der Waals surface area contributed by atoms with Gasteiger partial charge in [0.25, 0.3) is 0 Å². The maximum atomic E-state index is 13.1. The Morgan fingerprint density at radius 1 is 1.10 bits per heavy atom. The van der Waals surface area contributed by atoms with E-state index in [4.69, 9.17) is 9.47 Å². The number of nitrogens with zero attached hydrogens (tertiary/aromatic N) is 3. The Morgan fingerprint density at radius 2 is 1.83 bits per heavy atom. The predicted molar refractivity (Wildman–Crippen MR) is 117 cm³/mol. The number of carbonyl (C=O) groups is 1. The van der Waals surface area contributed by atoms with Gasteiger partial charge in [0.1, 0.15) is 0 Å². The summed E-state index contributed by atoms with van der Waals surface area (Å²) < 4.78 is 10.7. The summed E-state index contributed by atoms with van der Waals surface area (Å²) >= 11 is 1.54. The molecule has 0 radical (unpaired) electrons. The lowest BCUT2D eigenvalue weighted by atomic mass is 9.86. The summed E-state index contributed by atoms with van der Waals surface area (Å²) in [5.74, 6) is 1.64. The first kappa shape index (κ1) is 20.2. The third-order valence-corrected chi connectivity index (χ3v) is 6.66. The van der Waals surface area contributed by atoms with Crippen LogP contribution in [-0.4, -0.2) is 37.6 Å². The second kappa shape index (κ2) is 8.33. The van der Waals surface area contributed by atoms with E-state index in [1.54, 1.807) is 19.1 Å². The minimum Gasteiger partial charge on any atom is -0.493 e. The van der Waals surface area contributed by atoms with Crippen LogP contribution in [0.5, 0.6) is 11.5 Å². The van der Waals surface area contributed by atoms with Gasteiger partial charge >= 0.3 is 0 Å². The lowest BCUT2D eigenvalue weighted by Gasteiger charge is -2.42. The van der Waals surface area contributed by atoms with Crippen molar-refractivity contribution in [1.82, 2.24) is 4.90 Å². The molecular weight excluding hydrogens is 398 g/mol. The second-order valence-electron chi connectivity index (χ2n) is 7.31. The van der Waals surface area contributed by atoms with Crippen molar-refractivity contribution < 1.29 is 14.3 Å². The molecule has 30 heavy (non-hydrogen) atoms. The molecule has 0 unspecified atom stereocenters. The number of rotatable bonds is 4. The number of methoxy groups -OCH3 is 2. The van der Waals surface area contributed by atoms with Crippen LogP contribution in [0.25, 0.3) is 0 Å². The highest BCUT2D eigenvalue weighted by Gasteiger charge is 2.38. The largest absolute Gasteiger partial charge is 0.493 e. The number of anilines is 1. The Morgan fingerprint density at radius 3 is 2.50 bits per heavy atom. The molecule has 2 aromatic carbocycles. The molecule has 2 aromatic rings. The molecule has 1 amide bonds. The molecule has 0 N–H and O–H groups in total. The van der Waals surface area contributed by atoms with E-state index < -0.39 is 0 Å². The smallest absolute Gasteiger partial charge is 0.229 e. The average Bonchev–Trinajstić information content (AvgIpc) is 2.78. The zero-order valence-corrected chi connectivity index (χ0v) is 18.0. The number of thioether (sulfide) groups is 1. The van der Waals surface area contributed by atoms with Crippen LogP contribution in [0.1, 0.15) is 23.5 Å². The van der Waals surface area contributed by atoms with Gasteiger partial charge in [-0.2, -0.15) is 5.26 Å². The van der Waals surface area contributed by atoms with Crippen molar-refractivity contribution in [1.29, 1.82) is 5.26 Å². The SMILES string of the molecule is COc1ccc([C@H]2CC(=O)N3CN(c4ccc(C)cc4)CSC3=C2C#N)cc1OC. The number of fused-ring (bicyclic) bond motifs is 1. The van der Waals surface area contributed by atoms with E-state index in [1.807, 2.05) is 18.2 Å². The highest BCUT2D eigenvalue weighted by Crippen LogP contribution is 2.44. The van der Waals surface area contributed by atoms with Crippen molar-refractivity contribution >= 4 is 23.4 Å². The Bertz CT molecular complexity index is 1040. The molecule has 0 spiro atoms. The molecule has 2 heterocycles. The minimum absolute atomic E-state index is 0.0214. The zero-order chi connectivity index (χ0) is 21.3. The van der Waals surface area contributed by atoms with Crippen molar-refractivity contribution in [2.45, 2.75) is 19.3 Å². The van der Waals surface area contributed by atoms with Crippen LogP contribution in [0.2, 0.25) is 0 Å². The topological polar surface area (TPSA) is 65.8 Å². The summed E-state index contributed by atoms with van der Waals surface area (Å²) in [7, 11) is 3.16. The first-order valence-corrected chi connectivity index (χ1v) is 10.6. The average molecular weight is 422 g/mol. The van der Waals surface area contributed by atoms with Crippen molar-refractivity contribution in [3.8, 4) is 17.6 Å². The molecule has 4 rings (SSSR count). The molecule has 7 heteroatoms. The number of benzene rings is 2. The third kappa shape index (κ3) is 3.59. The monoisotopic (exact) mass is 421 g/mol. The van der Waals surface area contributed by atoms with Crippen molar-refractivity contribution in [2.24, 2.45) is 0 Å². The van der Waals surface area contributed by atoms with E-state index in [0.29, 0.717) is 29.6 Å². The Labute approximate surface area is 180 Å². The highest BCUT2D eigenvalue weighted by molar-refractivity contribution is 8.03. The quantitative estimate of drug-likeness (QED) is 0.736. The lowest BCUT2D eigenvalue weighted by Crippen LogP contribution is -2.47. The van der Waals surface area contributed by atoms with E-state index >= 15 is 0 Å². The molecule has 6 nitrogen and oxygen atoms in total. The van der Waals surface area contributed by atoms with Crippen LogP contribution in [-0.2, 0) is 4.79 Å². The van der Waals surface area contributed by atoms with Gasteiger partial charge in [0, 0.05) is 18.0 Å². The molecule has 1 saturated heterocycles. The van der Waals surface area contributed by atoms with Crippen LogP contribution in [0.3, 0.4) is 0 Å². The Balaban J connectivity index is 1.66. The van der Waals surface area contributed by atoms with Crippen molar-refractivity contribution in [2.75, 3.05) is 31.7 Å². The van der Waals surface area contributed by atoms with Gasteiger partial charge in [-0.05, 0) is 36.8 Å². The van der Waals surface area contributed by atoms with Gasteiger partial charge in [-0.3, -0.25) is 9.69 Å². The molecule has 1 fully saturated rings. The van der Waals surface area contributed by atoms with Gasteiger partial charge in [-0.25, -0.2) is 0 Å². The van der Waals surface area contributed by atoms with E-state index in [1.165, 1.54) is 17.3 Å². The van der Waals surface area contributed by atoms with Gasteiger partial charge in [-0.1, -0.05) is 35.5 Å². The van der Waals surface area contributed by atoms with Gasteiger partial charge in [0.15, 0.2) is 11.5 Å². The molecule has 0 aromatic heterocycles. The van der Waals surface area contributed by atoms with E-state index in [9.17, 15) is 10.1 Å². The second-order valence-corrected chi connectivity index (χ2v) is 8.25. The van der Waals surface area contributed by atoms with E-state index in [2.05, 4.69) is 42.2 Å². The molecule has 2 aliphatic rings. The molecule has 2 aliphatic heterocycles. The number of ether oxygens (including phenoxy) is 2. The summed E-state index contributed by atoms with van der Waals surface area (Å²) in [5.41, 5.74) is 3.78. The summed E-state index contributed by atoms with van der Waals surface area (Å²) in [5, 5.41) is 10.7. The first-order valence-electron chi connectivity index (χ1n) is 9.66. The molecule has 1 atom stereocenters. The van der Waals surface area contributed by atoms with Gasteiger partial charge in [-0.15, -0.1) is 0 Å². The number of hydrogen-bond acceptors (Lipinski definition) is 6. The maximum absolute atomic E-state index is 13.1. The summed E-state index contributed by atoms with van der Waals surface area (Å²) in [6.07, 6.45) is 0.254. The molecule has 0 saturated carbocycles. The number of aryl methyl sites for hydroxylation is 1. The van der Waals surface area contributed by atoms with Crippen LogP contribution >= 0.6 is 11.8 Å². The zero-order valence-electron chi connectivity index (χ0n) is 17.2. The van der Waals surface area contributed by atoms with Crippen LogP contribution in [0, 0.1) is 18.3 Å². The predicted octanol–water partition coefficient (Wildman–Crippen LogP) is 4.23. The number of allylic oxidation sites excluding steroid dienone is 1. The summed E-state index contributed by atoms with van der Waals surface area (Å²) in [6.45, 7) is 2.51. The van der Waals surface area contributed by atoms with Gasteiger partial charge in [0.2, 0.25) is 5.91 Å². The number of hydrogen-bond donors (Lipinski definition) is 0. The fourth-order valence-corrected chi connectivity index (χ4v) is 5.00. The summed E-state index contributed by atoms with van der Waals surface area (Å²) in [6, 6.07) is 16.2. The van der Waals surface area contributed by atoms with Crippen molar-refractivity contribution in [3.05, 3.63) is 64.2 Å². The molecule has 0 bridgehead atoms. The van der Waals surface area contributed by atoms with Crippen LogP contribution in [0.4, 0.5) is 5.69 Å². The van der Waals surface area contributed by atoms with Gasteiger partial charge in [0.05, 0.1) is 43.4 Å². The van der Waals surface area contributed by atoms with Crippen LogP contribution in [0.15, 0.2) is 53.1 Å². The molecular formula is C23H23N3O3S. The molecule has 154 valence electrons. The molecule has 0 aliphatic carbocycles. The lowest BCUT2D eigenvalue weighted by molar-refractivity contribution is -0.129.